The van der Waals surface area contributed by atoms with Gasteiger partial charge in [0.2, 0.25) is 0 Å². The van der Waals surface area contributed by atoms with Crippen molar-refractivity contribution < 1.29 is 8.83 Å². The summed E-state index contributed by atoms with van der Waals surface area (Å²) in [6, 6.07) is 64.4. The Balaban J connectivity index is 1.05. The number of furan rings is 2. The van der Waals surface area contributed by atoms with Gasteiger partial charge in [0.25, 0.3) is 0 Å². The van der Waals surface area contributed by atoms with E-state index in [1.54, 1.807) is 0 Å². The van der Waals surface area contributed by atoms with E-state index in [-0.39, 0.29) is 0 Å². The Kier molecular flexibility index (Phi) is 6.69. The Morgan fingerprint density at radius 3 is 1.28 bits per heavy atom. The summed E-state index contributed by atoms with van der Waals surface area (Å²) in [5.74, 6) is 0. The second-order valence-corrected chi connectivity index (χ2v) is 14.4. The van der Waals surface area contributed by atoms with Gasteiger partial charge in [-0.15, -0.1) is 11.3 Å². The summed E-state index contributed by atoms with van der Waals surface area (Å²) in [5.41, 5.74) is 10.2. The number of fused-ring (bicyclic) bond motifs is 9. The van der Waals surface area contributed by atoms with Crippen LogP contribution in [0.1, 0.15) is 0 Å². The topological polar surface area (TPSA) is 32.8 Å². The van der Waals surface area contributed by atoms with Crippen molar-refractivity contribution in [3.05, 3.63) is 182 Å². The number of anilines is 6. The summed E-state index contributed by atoms with van der Waals surface area (Å²) >= 11 is 1.83. The van der Waals surface area contributed by atoms with E-state index in [1.807, 2.05) is 35.6 Å². The Labute approximate surface area is 308 Å². The van der Waals surface area contributed by atoms with Gasteiger partial charge in [-0.3, -0.25) is 0 Å². The van der Waals surface area contributed by atoms with Crippen LogP contribution in [0.15, 0.2) is 191 Å². The second-order valence-electron chi connectivity index (χ2n) is 13.4. The number of thiophene rings is 1. The number of hydrogen-bond donors (Lipinski definition) is 0. The SMILES string of the molecule is c1ccc(N(c2ccc3c(c2)sc2ccc(N(c4ccccc4)c4ccc5oc6ccccc6c5c4)cc23)c2ccc3oc4ccccc4c3c2)cc1. The molecular formula is C48H30N2O2S. The second kappa shape index (κ2) is 11.9. The first-order chi connectivity index (χ1) is 26.2. The molecule has 8 aromatic carbocycles. The molecule has 0 N–H and O–H groups in total. The van der Waals surface area contributed by atoms with Crippen LogP contribution < -0.4 is 9.80 Å². The smallest absolute Gasteiger partial charge is 0.135 e. The molecule has 0 fully saturated rings. The van der Waals surface area contributed by atoms with E-state index in [0.717, 1.165) is 78.0 Å². The highest BCUT2D eigenvalue weighted by atomic mass is 32.1. The van der Waals surface area contributed by atoms with Crippen molar-refractivity contribution in [3.8, 4) is 0 Å². The molecule has 11 aromatic rings. The van der Waals surface area contributed by atoms with E-state index in [1.165, 1.54) is 20.2 Å². The molecule has 0 unspecified atom stereocenters. The molecule has 0 spiro atoms. The van der Waals surface area contributed by atoms with Crippen molar-refractivity contribution >= 4 is 110 Å². The molecule has 250 valence electrons. The van der Waals surface area contributed by atoms with Gasteiger partial charge in [0.1, 0.15) is 22.3 Å². The van der Waals surface area contributed by atoms with Crippen LogP contribution in [-0.4, -0.2) is 0 Å². The van der Waals surface area contributed by atoms with Crippen LogP contribution in [0.3, 0.4) is 0 Å². The minimum Gasteiger partial charge on any atom is -0.456 e. The fourth-order valence-electron chi connectivity index (χ4n) is 7.79. The highest BCUT2D eigenvalue weighted by Crippen LogP contribution is 2.45. The van der Waals surface area contributed by atoms with Gasteiger partial charge in [-0.05, 0) is 103 Å². The lowest BCUT2D eigenvalue weighted by Crippen LogP contribution is -2.09. The predicted octanol–water partition coefficient (Wildman–Crippen LogP) is 14.8. The fourth-order valence-corrected chi connectivity index (χ4v) is 8.91. The van der Waals surface area contributed by atoms with Gasteiger partial charge < -0.3 is 18.6 Å². The van der Waals surface area contributed by atoms with Gasteiger partial charge in [-0.25, -0.2) is 0 Å². The maximum absolute atomic E-state index is 6.18. The standard InChI is InChI=1S/C48H30N2O2S/c1-3-11-31(12-4-1)49(33-20-24-45-40(27-33)37-15-7-9-17-43(37)51-45)35-22-26-47-42(29-35)39-23-19-36(30-48(39)53-47)50(32-13-5-2-6-14-32)34-21-25-46-41(28-34)38-16-8-10-18-44(38)52-46/h1-30H. The average molecular weight is 699 g/mol. The van der Waals surface area contributed by atoms with Gasteiger partial charge in [-0.2, -0.15) is 0 Å². The number of hydrogen-bond acceptors (Lipinski definition) is 5. The molecule has 5 heteroatoms. The average Bonchev–Trinajstić information content (AvgIpc) is 3.89. The molecule has 0 saturated carbocycles. The minimum absolute atomic E-state index is 0.889. The normalized spacial score (nSPS) is 11.8. The van der Waals surface area contributed by atoms with Crippen LogP contribution in [0.2, 0.25) is 0 Å². The van der Waals surface area contributed by atoms with Crippen LogP contribution in [0.5, 0.6) is 0 Å². The maximum atomic E-state index is 6.18. The number of para-hydroxylation sites is 4. The van der Waals surface area contributed by atoms with Crippen LogP contribution in [0.25, 0.3) is 64.0 Å². The molecule has 53 heavy (non-hydrogen) atoms. The van der Waals surface area contributed by atoms with E-state index < -0.39 is 0 Å². The van der Waals surface area contributed by atoms with E-state index in [2.05, 4.69) is 168 Å². The van der Waals surface area contributed by atoms with Crippen LogP contribution in [0.4, 0.5) is 34.1 Å². The zero-order chi connectivity index (χ0) is 34.9. The van der Waals surface area contributed by atoms with E-state index in [9.17, 15) is 0 Å². The maximum Gasteiger partial charge on any atom is 0.135 e. The molecule has 0 saturated heterocycles. The van der Waals surface area contributed by atoms with Gasteiger partial charge in [0, 0.05) is 75.8 Å². The summed E-state index contributed by atoms with van der Waals surface area (Å²) in [4.78, 5) is 4.68. The van der Waals surface area contributed by atoms with Crippen molar-refractivity contribution in [2.45, 2.75) is 0 Å². The van der Waals surface area contributed by atoms with E-state index >= 15 is 0 Å². The van der Waals surface area contributed by atoms with Crippen molar-refractivity contribution in [2.75, 3.05) is 9.80 Å². The lowest BCUT2D eigenvalue weighted by atomic mass is 10.1. The van der Waals surface area contributed by atoms with Crippen molar-refractivity contribution in [3.63, 3.8) is 0 Å². The predicted molar refractivity (Wildman–Crippen MR) is 223 cm³/mol. The Hall–Kier alpha value is -6.82. The third kappa shape index (κ3) is 4.90. The van der Waals surface area contributed by atoms with E-state index in [4.69, 9.17) is 8.83 Å². The molecule has 0 aliphatic carbocycles. The molecule has 0 aliphatic rings. The summed E-state index contributed by atoms with van der Waals surface area (Å²) in [6.07, 6.45) is 0. The quantitative estimate of drug-likeness (QED) is 0.173. The molecule has 0 bridgehead atoms. The summed E-state index contributed by atoms with van der Waals surface area (Å²) in [5, 5.41) is 6.94. The Morgan fingerprint density at radius 1 is 0.283 bits per heavy atom. The van der Waals surface area contributed by atoms with Crippen molar-refractivity contribution in [1.29, 1.82) is 0 Å². The monoisotopic (exact) mass is 698 g/mol. The van der Waals surface area contributed by atoms with Gasteiger partial charge in [0.05, 0.1) is 0 Å². The van der Waals surface area contributed by atoms with Crippen LogP contribution in [-0.2, 0) is 0 Å². The largest absolute Gasteiger partial charge is 0.456 e. The lowest BCUT2D eigenvalue weighted by Gasteiger charge is -2.26. The molecule has 11 rings (SSSR count). The zero-order valence-electron chi connectivity index (χ0n) is 28.4. The zero-order valence-corrected chi connectivity index (χ0v) is 29.3. The first-order valence-corrected chi connectivity index (χ1v) is 18.6. The van der Waals surface area contributed by atoms with Crippen molar-refractivity contribution in [1.82, 2.24) is 0 Å². The highest BCUT2D eigenvalue weighted by molar-refractivity contribution is 7.25. The Morgan fingerprint density at radius 2 is 0.717 bits per heavy atom. The number of rotatable bonds is 6. The van der Waals surface area contributed by atoms with Gasteiger partial charge in [-0.1, -0.05) is 78.9 Å². The third-order valence-corrected chi connectivity index (χ3v) is 11.4. The molecule has 0 radical (unpaired) electrons. The summed E-state index contributed by atoms with van der Waals surface area (Å²) in [6.45, 7) is 0. The highest BCUT2D eigenvalue weighted by Gasteiger charge is 2.19. The third-order valence-electron chi connectivity index (χ3n) is 10.2. The summed E-state index contributed by atoms with van der Waals surface area (Å²) < 4.78 is 14.9. The van der Waals surface area contributed by atoms with Gasteiger partial charge in [0.15, 0.2) is 0 Å². The summed E-state index contributed by atoms with van der Waals surface area (Å²) in [7, 11) is 0. The van der Waals surface area contributed by atoms with Gasteiger partial charge >= 0.3 is 0 Å². The Bertz CT molecular complexity index is 3140. The molecule has 0 amide bonds. The molecular weight excluding hydrogens is 669 g/mol. The fraction of sp³-hybridized carbons (Fsp3) is 0. The molecule has 0 atom stereocenters. The minimum atomic E-state index is 0.889. The number of nitrogens with zero attached hydrogens (tertiary/aromatic N) is 2. The first-order valence-electron chi connectivity index (χ1n) is 17.7. The van der Waals surface area contributed by atoms with E-state index in [0.29, 0.717) is 0 Å². The van der Waals surface area contributed by atoms with Crippen molar-refractivity contribution in [2.24, 2.45) is 0 Å². The van der Waals surface area contributed by atoms with Crippen LogP contribution in [0, 0.1) is 0 Å². The lowest BCUT2D eigenvalue weighted by molar-refractivity contribution is 0.668. The molecule has 3 aromatic heterocycles. The molecule has 4 nitrogen and oxygen atoms in total. The first kappa shape index (κ1) is 29.9. The molecule has 3 heterocycles. The molecule has 0 aliphatic heterocycles. The number of benzene rings is 8. The van der Waals surface area contributed by atoms with Crippen LogP contribution >= 0.6 is 11.3 Å².